The Morgan fingerprint density at radius 1 is 1.23 bits per heavy atom. The number of aliphatic hydroxyl groups excluding tert-OH is 1. The van der Waals surface area contributed by atoms with Crippen molar-refractivity contribution in [3.8, 4) is 0 Å². The van der Waals surface area contributed by atoms with Crippen LogP contribution in [0.4, 0.5) is 0 Å². The predicted molar refractivity (Wildman–Crippen MR) is 111 cm³/mol. The van der Waals surface area contributed by atoms with Crippen LogP contribution in [0.2, 0.25) is 18.1 Å². The summed E-state index contributed by atoms with van der Waals surface area (Å²) in [5, 5.41) is 9.86. The van der Waals surface area contributed by atoms with Crippen LogP contribution in [0, 0.1) is 11.8 Å². The molecule has 1 aliphatic rings. The molecule has 0 saturated heterocycles. The topological polar surface area (TPSA) is 47.9 Å². The molecule has 1 saturated carbocycles. The van der Waals surface area contributed by atoms with Crippen LogP contribution in [-0.2, 0) is 13.9 Å². The number of unbranched alkanes of at least 4 members (excludes halogenated alkanes) is 1. The Morgan fingerprint density at radius 3 is 2.50 bits per heavy atom. The van der Waals surface area contributed by atoms with Gasteiger partial charge < -0.3 is 19.0 Å². The number of rotatable bonds is 11. The molecule has 1 rings (SSSR count). The van der Waals surface area contributed by atoms with Gasteiger partial charge in [0.1, 0.15) is 6.79 Å². The summed E-state index contributed by atoms with van der Waals surface area (Å²) in [6.07, 6.45) is 10.3. The fourth-order valence-electron chi connectivity index (χ4n) is 3.38. The number of methoxy groups -OCH3 is 1. The van der Waals surface area contributed by atoms with E-state index in [1.807, 2.05) is 0 Å². The molecule has 154 valence electrons. The highest BCUT2D eigenvalue weighted by molar-refractivity contribution is 6.74. The maximum atomic E-state index is 9.60. The van der Waals surface area contributed by atoms with Crippen LogP contribution in [-0.4, -0.2) is 46.1 Å². The molecule has 0 aromatic rings. The molecule has 0 bridgehead atoms. The summed E-state index contributed by atoms with van der Waals surface area (Å²) in [5.74, 6) is 0.733. The molecule has 0 aromatic heterocycles. The second kappa shape index (κ2) is 11.0. The molecule has 1 N–H and O–H groups in total. The number of hydrogen-bond donors (Lipinski definition) is 1. The lowest BCUT2D eigenvalue weighted by molar-refractivity contribution is -0.0707. The number of aliphatic hydroxyl groups is 1. The van der Waals surface area contributed by atoms with Crippen molar-refractivity contribution in [1.82, 2.24) is 0 Å². The minimum atomic E-state index is -1.66. The zero-order chi connectivity index (χ0) is 19.8. The van der Waals surface area contributed by atoms with Gasteiger partial charge in [0, 0.05) is 19.8 Å². The van der Waals surface area contributed by atoms with Crippen LogP contribution >= 0.6 is 0 Å². The molecular formula is C21H42O4Si. The van der Waals surface area contributed by atoms with Crippen molar-refractivity contribution < 1.29 is 19.0 Å². The summed E-state index contributed by atoms with van der Waals surface area (Å²) < 4.78 is 17.1. The van der Waals surface area contributed by atoms with Gasteiger partial charge in [-0.05, 0) is 69.0 Å². The number of allylic oxidation sites excluding steroid dienone is 2. The van der Waals surface area contributed by atoms with E-state index < -0.39 is 8.32 Å². The van der Waals surface area contributed by atoms with Crippen LogP contribution in [0.3, 0.4) is 0 Å². The molecule has 1 aliphatic carbocycles. The first kappa shape index (κ1) is 23.8. The minimum absolute atomic E-state index is 0.208. The summed E-state index contributed by atoms with van der Waals surface area (Å²) >= 11 is 0. The van der Waals surface area contributed by atoms with Crippen LogP contribution in [0.1, 0.15) is 59.8 Å². The molecule has 0 radical (unpaired) electrons. The van der Waals surface area contributed by atoms with Gasteiger partial charge in [-0.1, -0.05) is 32.9 Å². The highest BCUT2D eigenvalue weighted by Crippen LogP contribution is 2.38. The third kappa shape index (κ3) is 7.81. The molecule has 0 aliphatic heterocycles. The SMILES string of the molecule is COCO[C@@H]1C[C@@H](CO)[C@H](/C=C\CCC[C@H](C)O[Si](C)(C)C(C)(C)C)C1. The lowest BCUT2D eigenvalue weighted by Crippen LogP contribution is -2.43. The highest BCUT2D eigenvalue weighted by atomic mass is 28.4. The van der Waals surface area contributed by atoms with Crippen LogP contribution in [0.5, 0.6) is 0 Å². The largest absolute Gasteiger partial charge is 0.414 e. The Hall–Kier alpha value is -0.203. The molecule has 0 amide bonds. The normalized spacial score (nSPS) is 25.9. The van der Waals surface area contributed by atoms with Crippen molar-refractivity contribution >= 4 is 8.32 Å². The van der Waals surface area contributed by atoms with Crippen molar-refractivity contribution in [3.63, 3.8) is 0 Å². The summed E-state index contributed by atoms with van der Waals surface area (Å²) in [5.41, 5.74) is 0. The molecule has 1 fully saturated rings. The van der Waals surface area contributed by atoms with Gasteiger partial charge >= 0.3 is 0 Å². The van der Waals surface area contributed by atoms with E-state index in [2.05, 4.69) is 52.9 Å². The van der Waals surface area contributed by atoms with E-state index >= 15 is 0 Å². The van der Waals surface area contributed by atoms with Crippen LogP contribution in [0.25, 0.3) is 0 Å². The second-order valence-electron chi connectivity index (χ2n) is 9.32. The Labute approximate surface area is 162 Å². The lowest BCUT2D eigenvalue weighted by Gasteiger charge is -2.38. The fraction of sp³-hybridized carbons (Fsp3) is 0.905. The quantitative estimate of drug-likeness (QED) is 0.231. The number of hydrogen-bond acceptors (Lipinski definition) is 4. The van der Waals surface area contributed by atoms with Gasteiger partial charge in [-0.25, -0.2) is 0 Å². The van der Waals surface area contributed by atoms with Crippen molar-refractivity contribution in [2.45, 2.75) is 90.1 Å². The monoisotopic (exact) mass is 386 g/mol. The van der Waals surface area contributed by atoms with E-state index in [4.69, 9.17) is 13.9 Å². The summed E-state index contributed by atoms with van der Waals surface area (Å²) in [6.45, 7) is 14.3. The van der Waals surface area contributed by atoms with Crippen molar-refractivity contribution in [2.75, 3.05) is 20.5 Å². The summed E-state index contributed by atoms with van der Waals surface area (Å²) in [7, 11) is -0.0160. The third-order valence-corrected chi connectivity index (χ3v) is 10.6. The molecule has 0 heterocycles. The van der Waals surface area contributed by atoms with Crippen molar-refractivity contribution in [3.05, 3.63) is 12.2 Å². The van der Waals surface area contributed by atoms with Gasteiger partial charge in [-0.15, -0.1) is 0 Å². The van der Waals surface area contributed by atoms with Gasteiger partial charge in [0.2, 0.25) is 0 Å². The van der Waals surface area contributed by atoms with Crippen LogP contribution < -0.4 is 0 Å². The first-order valence-corrected chi connectivity index (χ1v) is 13.1. The molecule has 26 heavy (non-hydrogen) atoms. The van der Waals surface area contributed by atoms with Crippen molar-refractivity contribution in [1.29, 1.82) is 0 Å². The highest BCUT2D eigenvalue weighted by Gasteiger charge is 2.38. The summed E-state index contributed by atoms with van der Waals surface area (Å²) in [6, 6.07) is 0. The van der Waals surface area contributed by atoms with E-state index in [1.165, 1.54) is 0 Å². The molecule has 0 spiro atoms. The zero-order valence-electron chi connectivity index (χ0n) is 18.1. The zero-order valence-corrected chi connectivity index (χ0v) is 19.1. The van der Waals surface area contributed by atoms with E-state index in [-0.39, 0.29) is 17.7 Å². The second-order valence-corrected chi connectivity index (χ2v) is 14.1. The standard InChI is InChI=1S/C21H42O4Si/c1-17(25-26(6,7)21(2,3)4)11-9-8-10-12-18-13-20(24-16-23-5)14-19(18)15-22/h10,12,17-20,22H,8-9,11,13-16H2,1-7H3/b12-10-/t17-,18+,19-,20-/m0/s1. The Morgan fingerprint density at radius 2 is 1.92 bits per heavy atom. The minimum Gasteiger partial charge on any atom is -0.414 e. The van der Waals surface area contributed by atoms with E-state index in [1.54, 1.807) is 7.11 Å². The van der Waals surface area contributed by atoms with Gasteiger partial charge in [0.25, 0.3) is 0 Å². The third-order valence-electron chi connectivity index (χ3n) is 6.03. The maximum Gasteiger partial charge on any atom is 0.192 e. The van der Waals surface area contributed by atoms with Gasteiger partial charge in [-0.2, -0.15) is 0 Å². The predicted octanol–water partition coefficient (Wildman–Crippen LogP) is 5.13. The molecular weight excluding hydrogens is 344 g/mol. The molecule has 4 atom stereocenters. The first-order valence-electron chi connectivity index (χ1n) is 10.2. The van der Waals surface area contributed by atoms with E-state index in [0.29, 0.717) is 24.7 Å². The lowest BCUT2D eigenvalue weighted by atomic mass is 9.96. The molecule has 4 nitrogen and oxygen atoms in total. The molecule has 0 unspecified atom stereocenters. The Kier molecular flexibility index (Phi) is 10.0. The number of ether oxygens (including phenoxy) is 2. The maximum absolute atomic E-state index is 9.60. The average molecular weight is 387 g/mol. The Bertz CT molecular complexity index is 417. The van der Waals surface area contributed by atoms with Crippen LogP contribution in [0.15, 0.2) is 12.2 Å². The van der Waals surface area contributed by atoms with E-state index in [9.17, 15) is 5.11 Å². The average Bonchev–Trinajstić information content (AvgIpc) is 2.93. The molecule has 0 aromatic carbocycles. The van der Waals surface area contributed by atoms with Gasteiger partial charge in [0.15, 0.2) is 8.32 Å². The smallest absolute Gasteiger partial charge is 0.192 e. The Balaban J connectivity index is 2.31. The molecule has 5 heteroatoms. The summed E-state index contributed by atoms with van der Waals surface area (Å²) in [4.78, 5) is 0. The van der Waals surface area contributed by atoms with Gasteiger partial charge in [-0.3, -0.25) is 0 Å². The fourth-order valence-corrected chi connectivity index (χ4v) is 4.86. The first-order chi connectivity index (χ1) is 12.1. The van der Waals surface area contributed by atoms with E-state index in [0.717, 1.165) is 32.1 Å². The van der Waals surface area contributed by atoms with Crippen molar-refractivity contribution in [2.24, 2.45) is 11.8 Å². The van der Waals surface area contributed by atoms with Gasteiger partial charge in [0.05, 0.1) is 6.10 Å².